The Morgan fingerprint density at radius 2 is 1.84 bits per heavy atom. The van der Waals surface area contributed by atoms with Gasteiger partial charge in [0.2, 0.25) is 0 Å². The molecule has 0 radical (unpaired) electrons. The van der Waals surface area contributed by atoms with Crippen molar-refractivity contribution in [2.45, 2.75) is 90.2 Å². The third-order valence-corrected chi connectivity index (χ3v) is 5.18. The molecule has 1 saturated heterocycles. The van der Waals surface area contributed by atoms with Crippen LogP contribution in [0.4, 0.5) is 0 Å². The second-order valence-corrected chi connectivity index (χ2v) is 6.80. The first kappa shape index (κ1) is 15.3. The molecular weight excluding hydrogens is 234 g/mol. The van der Waals surface area contributed by atoms with Gasteiger partial charge in [-0.3, -0.25) is 0 Å². The van der Waals surface area contributed by atoms with Crippen molar-refractivity contribution in [3.63, 3.8) is 0 Å². The molecule has 1 aliphatic carbocycles. The minimum atomic E-state index is 0.438. The van der Waals surface area contributed by atoms with E-state index in [-0.39, 0.29) is 0 Å². The first-order valence-electron chi connectivity index (χ1n) is 8.62. The Bertz CT molecular complexity index is 252. The zero-order valence-electron chi connectivity index (χ0n) is 13.0. The number of hydrogen-bond acceptors (Lipinski definition) is 2. The molecule has 1 saturated carbocycles. The molecule has 1 N–H and O–H groups in total. The molecule has 0 amide bonds. The van der Waals surface area contributed by atoms with Crippen molar-refractivity contribution in [1.82, 2.24) is 5.32 Å². The number of hydrogen-bond donors (Lipinski definition) is 1. The van der Waals surface area contributed by atoms with Crippen molar-refractivity contribution in [3.8, 4) is 0 Å². The highest BCUT2D eigenvalue weighted by Crippen LogP contribution is 2.40. The largest absolute Gasteiger partial charge is 0.378 e. The van der Waals surface area contributed by atoms with Crippen LogP contribution in [0.2, 0.25) is 0 Å². The molecule has 0 spiro atoms. The van der Waals surface area contributed by atoms with Crippen molar-refractivity contribution < 1.29 is 4.74 Å². The van der Waals surface area contributed by atoms with E-state index in [0.29, 0.717) is 11.5 Å². The molecule has 0 aromatic rings. The Kier molecular flexibility index (Phi) is 6.15. The number of unbranched alkanes of at least 4 members (excludes halogenated alkanes) is 5. The average Bonchev–Trinajstić information content (AvgIpc) is 3.17. The van der Waals surface area contributed by atoms with Gasteiger partial charge in [-0.2, -0.15) is 0 Å². The first-order valence-corrected chi connectivity index (χ1v) is 8.62. The number of rotatable bonds is 10. The summed E-state index contributed by atoms with van der Waals surface area (Å²) in [6, 6.07) is 0.828. The van der Waals surface area contributed by atoms with Gasteiger partial charge in [0.25, 0.3) is 0 Å². The standard InChI is InChI=1S/C17H33NO/c1-3-4-5-6-7-8-11-17(12-13-19-15(17)2)14-18-16-9-10-16/h15-16,18H,3-14H2,1-2H3. The first-order chi connectivity index (χ1) is 9.27. The fraction of sp³-hybridized carbons (Fsp3) is 1.00. The lowest BCUT2D eigenvalue weighted by atomic mass is 9.77. The maximum absolute atomic E-state index is 5.88. The molecule has 19 heavy (non-hydrogen) atoms. The van der Waals surface area contributed by atoms with Crippen molar-refractivity contribution in [1.29, 1.82) is 0 Å². The minimum absolute atomic E-state index is 0.438. The van der Waals surface area contributed by atoms with Gasteiger partial charge in [-0.1, -0.05) is 45.4 Å². The average molecular weight is 267 g/mol. The van der Waals surface area contributed by atoms with Crippen molar-refractivity contribution in [2.24, 2.45) is 5.41 Å². The van der Waals surface area contributed by atoms with E-state index in [2.05, 4.69) is 19.2 Å². The van der Waals surface area contributed by atoms with Crippen LogP contribution in [0.15, 0.2) is 0 Å². The smallest absolute Gasteiger partial charge is 0.0616 e. The zero-order chi connectivity index (χ0) is 13.6. The maximum Gasteiger partial charge on any atom is 0.0616 e. The molecule has 0 aromatic carbocycles. The van der Waals surface area contributed by atoms with Gasteiger partial charge < -0.3 is 10.1 Å². The van der Waals surface area contributed by atoms with Crippen LogP contribution in [0.3, 0.4) is 0 Å². The molecule has 1 aliphatic heterocycles. The van der Waals surface area contributed by atoms with Gasteiger partial charge in [0.1, 0.15) is 0 Å². The van der Waals surface area contributed by atoms with Gasteiger partial charge in [-0.15, -0.1) is 0 Å². The minimum Gasteiger partial charge on any atom is -0.378 e. The Hall–Kier alpha value is -0.0800. The van der Waals surface area contributed by atoms with Crippen LogP contribution in [0.5, 0.6) is 0 Å². The molecule has 0 bridgehead atoms. The Morgan fingerprint density at radius 3 is 2.47 bits per heavy atom. The van der Waals surface area contributed by atoms with Crippen LogP contribution in [-0.2, 0) is 4.74 Å². The molecule has 1 heterocycles. The summed E-state index contributed by atoms with van der Waals surface area (Å²) < 4.78 is 5.88. The van der Waals surface area contributed by atoms with Crippen LogP contribution in [-0.4, -0.2) is 25.3 Å². The summed E-state index contributed by atoms with van der Waals surface area (Å²) in [5, 5.41) is 3.75. The molecular formula is C17H33NO. The summed E-state index contributed by atoms with van der Waals surface area (Å²) in [5.74, 6) is 0. The van der Waals surface area contributed by atoms with E-state index in [1.165, 1.54) is 70.8 Å². The Balaban J connectivity index is 1.67. The Morgan fingerprint density at radius 1 is 1.11 bits per heavy atom. The van der Waals surface area contributed by atoms with Crippen LogP contribution in [0.25, 0.3) is 0 Å². The second kappa shape index (κ2) is 7.64. The van der Waals surface area contributed by atoms with Crippen molar-refractivity contribution in [3.05, 3.63) is 0 Å². The van der Waals surface area contributed by atoms with Crippen LogP contribution in [0, 0.1) is 5.41 Å². The van der Waals surface area contributed by atoms with Gasteiger partial charge in [0.05, 0.1) is 6.10 Å². The van der Waals surface area contributed by atoms with Crippen LogP contribution < -0.4 is 5.32 Å². The Labute approximate surface area is 119 Å². The number of nitrogens with one attached hydrogen (secondary N) is 1. The second-order valence-electron chi connectivity index (χ2n) is 6.80. The maximum atomic E-state index is 5.88. The monoisotopic (exact) mass is 267 g/mol. The van der Waals surface area contributed by atoms with Crippen molar-refractivity contribution >= 4 is 0 Å². The lowest BCUT2D eigenvalue weighted by Gasteiger charge is -2.33. The van der Waals surface area contributed by atoms with Gasteiger partial charge >= 0.3 is 0 Å². The predicted molar refractivity (Wildman–Crippen MR) is 81.5 cm³/mol. The third-order valence-electron chi connectivity index (χ3n) is 5.18. The highest BCUT2D eigenvalue weighted by molar-refractivity contribution is 4.94. The summed E-state index contributed by atoms with van der Waals surface area (Å²) in [7, 11) is 0. The molecule has 2 rings (SSSR count). The van der Waals surface area contributed by atoms with Gasteiger partial charge in [-0.25, -0.2) is 0 Å². The highest BCUT2D eigenvalue weighted by atomic mass is 16.5. The van der Waals surface area contributed by atoms with Crippen molar-refractivity contribution in [2.75, 3.05) is 13.2 Å². The molecule has 2 atom stereocenters. The normalized spacial score (nSPS) is 30.9. The molecule has 2 fully saturated rings. The third kappa shape index (κ3) is 4.75. The SMILES string of the molecule is CCCCCCCCC1(CNC2CC2)CCOC1C. The predicted octanol–water partition coefficient (Wildman–Crippen LogP) is 4.28. The summed E-state index contributed by atoms with van der Waals surface area (Å²) in [4.78, 5) is 0. The summed E-state index contributed by atoms with van der Waals surface area (Å²) in [5.41, 5.74) is 0.438. The lowest BCUT2D eigenvalue weighted by molar-refractivity contribution is 0.0568. The fourth-order valence-corrected chi connectivity index (χ4v) is 3.36. The van der Waals surface area contributed by atoms with Gasteiger partial charge in [-0.05, 0) is 32.6 Å². The molecule has 2 aliphatic rings. The van der Waals surface area contributed by atoms with Gasteiger partial charge in [0, 0.05) is 24.6 Å². The molecule has 2 heteroatoms. The topological polar surface area (TPSA) is 21.3 Å². The molecule has 112 valence electrons. The van der Waals surface area contributed by atoms with Gasteiger partial charge in [0.15, 0.2) is 0 Å². The van der Waals surface area contributed by atoms with Crippen LogP contribution >= 0.6 is 0 Å². The lowest BCUT2D eigenvalue weighted by Crippen LogP contribution is -2.40. The molecule has 0 aromatic heterocycles. The molecule has 2 unspecified atom stereocenters. The van der Waals surface area contributed by atoms with E-state index >= 15 is 0 Å². The van der Waals surface area contributed by atoms with Crippen LogP contribution in [0.1, 0.15) is 78.1 Å². The van der Waals surface area contributed by atoms with E-state index in [4.69, 9.17) is 4.74 Å². The van der Waals surface area contributed by atoms with E-state index in [1.807, 2.05) is 0 Å². The summed E-state index contributed by atoms with van der Waals surface area (Å²) in [6.07, 6.45) is 14.3. The number of ether oxygens (including phenoxy) is 1. The summed E-state index contributed by atoms with van der Waals surface area (Å²) >= 11 is 0. The van der Waals surface area contributed by atoms with E-state index in [9.17, 15) is 0 Å². The zero-order valence-corrected chi connectivity index (χ0v) is 13.0. The fourth-order valence-electron chi connectivity index (χ4n) is 3.36. The van der Waals surface area contributed by atoms with E-state index in [0.717, 1.165) is 12.6 Å². The summed E-state index contributed by atoms with van der Waals surface area (Å²) in [6.45, 7) is 6.74. The quantitative estimate of drug-likeness (QED) is 0.596. The highest BCUT2D eigenvalue weighted by Gasteiger charge is 2.41. The van der Waals surface area contributed by atoms with E-state index in [1.54, 1.807) is 0 Å². The van der Waals surface area contributed by atoms with E-state index < -0.39 is 0 Å². The molecule has 2 nitrogen and oxygen atoms in total.